The molecule has 0 saturated carbocycles. The topological polar surface area (TPSA) is 83.2 Å². The summed E-state index contributed by atoms with van der Waals surface area (Å²) >= 11 is 0. The van der Waals surface area contributed by atoms with E-state index >= 15 is 0 Å². The van der Waals surface area contributed by atoms with E-state index in [-0.39, 0.29) is 56.3 Å². The third-order valence-electron chi connectivity index (χ3n) is 1.45. The fourth-order valence-corrected chi connectivity index (χ4v) is 1.26. The summed E-state index contributed by atoms with van der Waals surface area (Å²) in [5.41, 5.74) is 6.08. The average molecular weight is 225 g/mol. The maximum atomic E-state index is 10.4. The van der Waals surface area contributed by atoms with Gasteiger partial charge in [0.2, 0.25) is 0 Å². The number of benzene rings is 1. The second-order valence-electron chi connectivity index (χ2n) is 2.30. The smallest absolute Gasteiger partial charge is 0.744 e. The predicted molar refractivity (Wildman–Crippen MR) is 42.3 cm³/mol. The van der Waals surface area contributed by atoms with Gasteiger partial charge in [0, 0.05) is 6.54 Å². The van der Waals surface area contributed by atoms with Crippen LogP contribution in [0.25, 0.3) is 0 Å². The fraction of sp³-hybridized carbons (Fsp3) is 0.143. The van der Waals surface area contributed by atoms with Crippen LogP contribution in [-0.4, -0.2) is 13.0 Å². The van der Waals surface area contributed by atoms with E-state index in [4.69, 9.17) is 5.73 Å². The van der Waals surface area contributed by atoms with Gasteiger partial charge in [-0.25, -0.2) is 8.42 Å². The minimum atomic E-state index is -4.32. The molecular weight excluding hydrogens is 217 g/mol. The van der Waals surface area contributed by atoms with Crippen LogP contribution < -0.4 is 57.1 Å². The van der Waals surface area contributed by atoms with E-state index in [1.54, 1.807) is 0 Å². The molecule has 2 N–H and O–H groups in total. The first-order valence-electron chi connectivity index (χ1n) is 3.29. The molecule has 0 heterocycles. The Balaban J connectivity index is 0.00000144. The monoisotopic (exact) mass is 225 g/mol. The molecule has 0 aromatic heterocycles. The maximum Gasteiger partial charge on any atom is 1.00 e. The van der Waals surface area contributed by atoms with Crippen molar-refractivity contribution in [3.05, 3.63) is 29.8 Å². The van der Waals surface area contributed by atoms with Crippen molar-refractivity contribution in [2.45, 2.75) is 11.4 Å². The molecule has 0 aliphatic rings. The zero-order chi connectivity index (χ0) is 9.19. The summed E-state index contributed by atoms with van der Waals surface area (Å²) in [6.45, 7) is 0.333. The zero-order valence-electron chi connectivity index (χ0n) is 7.23. The second kappa shape index (κ2) is 5.57. The molecular formula is C7H8KNO3S. The minimum Gasteiger partial charge on any atom is -0.744 e. The first-order valence-corrected chi connectivity index (χ1v) is 4.70. The van der Waals surface area contributed by atoms with Crippen molar-refractivity contribution >= 4 is 10.1 Å². The summed E-state index contributed by atoms with van der Waals surface area (Å²) in [6.07, 6.45) is 0. The third kappa shape index (κ3) is 4.18. The molecule has 66 valence electrons. The first kappa shape index (κ1) is 13.7. The number of rotatable bonds is 2. The molecule has 0 saturated heterocycles. The van der Waals surface area contributed by atoms with Crippen molar-refractivity contribution in [2.75, 3.05) is 0 Å². The van der Waals surface area contributed by atoms with E-state index in [9.17, 15) is 13.0 Å². The Bertz CT molecular complexity index is 360. The van der Waals surface area contributed by atoms with Crippen molar-refractivity contribution in [3.8, 4) is 0 Å². The SMILES string of the molecule is NCc1ccc(S(=O)(=O)[O-])cc1.[K+]. The van der Waals surface area contributed by atoms with Crippen molar-refractivity contribution in [3.63, 3.8) is 0 Å². The minimum absolute atomic E-state index is 0. The summed E-state index contributed by atoms with van der Waals surface area (Å²) in [4.78, 5) is -0.222. The Hall–Kier alpha value is 0.726. The largest absolute Gasteiger partial charge is 1.00 e. The first-order chi connectivity index (χ1) is 5.54. The van der Waals surface area contributed by atoms with Crippen LogP contribution in [0.15, 0.2) is 29.2 Å². The maximum absolute atomic E-state index is 10.4. The van der Waals surface area contributed by atoms with Gasteiger partial charge in [-0.2, -0.15) is 0 Å². The van der Waals surface area contributed by atoms with E-state index in [1.165, 1.54) is 24.3 Å². The predicted octanol–water partition coefficient (Wildman–Crippen LogP) is -2.95. The van der Waals surface area contributed by atoms with Gasteiger partial charge in [0.05, 0.1) is 4.90 Å². The molecule has 0 bridgehead atoms. The van der Waals surface area contributed by atoms with Gasteiger partial charge in [0.15, 0.2) is 0 Å². The van der Waals surface area contributed by atoms with Crippen LogP contribution in [0, 0.1) is 0 Å². The molecule has 0 radical (unpaired) electrons. The van der Waals surface area contributed by atoms with Crippen molar-refractivity contribution in [2.24, 2.45) is 5.73 Å². The van der Waals surface area contributed by atoms with Gasteiger partial charge in [0.1, 0.15) is 10.1 Å². The van der Waals surface area contributed by atoms with Crippen molar-refractivity contribution < 1.29 is 64.4 Å². The molecule has 0 amide bonds. The summed E-state index contributed by atoms with van der Waals surface area (Å²) in [6, 6.07) is 5.55. The summed E-state index contributed by atoms with van der Waals surface area (Å²) < 4.78 is 31.3. The summed E-state index contributed by atoms with van der Waals surface area (Å²) in [5.74, 6) is 0. The normalized spacial score (nSPS) is 10.6. The Labute approximate surface area is 120 Å². The molecule has 1 rings (SSSR count). The summed E-state index contributed by atoms with van der Waals surface area (Å²) in [7, 11) is -4.32. The fourth-order valence-electron chi connectivity index (χ4n) is 0.792. The molecule has 1 aromatic rings. The Morgan fingerprint density at radius 3 is 2.00 bits per heavy atom. The van der Waals surface area contributed by atoms with Crippen molar-refractivity contribution in [1.82, 2.24) is 0 Å². The second-order valence-corrected chi connectivity index (χ2v) is 3.68. The number of hydrogen-bond acceptors (Lipinski definition) is 4. The number of hydrogen-bond donors (Lipinski definition) is 1. The van der Waals surface area contributed by atoms with Crippen LogP contribution in [0.4, 0.5) is 0 Å². The molecule has 0 aliphatic heterocycles. The van der Waals surface area contributed by atoms with Gasteiger partial charge < -0.3 is 10.3 Å². The number of nitrogens with two attached hydrogens (primary N) is 1. The molecule has 0 atom stereocenters. The average Bonchev–Trinajstić information content (AvgIpc) is 2.03. The van der Waals surface area contributed by atoms with Gasteiger partial charge in [0.25, 0.3) is 0 Å². The van der Waals surface area contributed by atoms with Gasteiger partial charge >= 0.3 is 51.4 Å². The van der Waals surface area contributed by atoms with Crippen LogP contribution in [0.3, 0.4) is 0 Å². The molecule has 13 heavy (non-hydrogen) atoms. The third-order valence-corrected chi connectivity index (χ3v) is 2.30. The van der Waals surface area contributed by atoms with Crippen LogP contribution >= 0.6 is 0 Å². The van der Waals surface area contributed by atoms with Gasteiger partial charge in [-0.05, 0) is 17.7 Å². The Kier molecular flexibility index (Phi) is 5.88. The Morgan fingerprint density at radius 2 is 1.69 bits per heavy atom. The van der Waals surface area contributed by atoms with Crippen LogP contribution in [-0.2, 0) is 16.7 Å². The molecule has 6 heteroatoms. The van der Waals surface area contributed by atoms with E-state index in [1.807, 2.05) is 0 Å². The van der Waals surface area contributed by atoms with Crippen LogP contribution in [0.5, 0.6) is 0 Å². The summed E-state index contributed by atoms with van der Waals surface area (Å²) in [5, 5.41) is 0. The van der Waals surface area contributed by atoms with Crippen molar-refractivity contribution in [1.29, 1.82) is 0 Å². The van der Waals surface area contributed by atoms with Crippen LogP contribution in [0.2, 0.25) is 0 Å². The van der Waals surface area contributed by atoms with E-state index in [0.29, 0.717) is 6.54 Å². The molecule has 1 aromatic carbocycles. The van der Waals surface area contributed by atoms with E-state index < -0.39 is 10.1 Å². The zero-order valence-corrected chi connectivity index (χ0v) is 11.2. The quantitative estimate of drug-likeness (QED) is 0.431. The standard InChI is InChI=1S/C7H9NO3S.K/c8-5-6-1-3-7(4-2-6)12(9,10)11;/h1-4H,5,8H2,(H,9,10,11);/q;+1/p-1. The molecule has 0 spiro atoms. The molecule has 0 fully saturated rings. The van der Waals surface area contributed by atoms with E-state index in [2.05, 4.69) is 0 Å². The van der Waals surface area contributed by atoms with Gasteiger partial charge in [-0.1, -0.05) is 12.1 Å². The molecule has 0 unspecified atom stereocenters. The molecule has 4 nitrogen and oxygen atoms in total. The van der Waals surface area contributed by atoms with Gasteiger partial charge in [-0.3, -0.25) is 0 Å². The molecule has 0 aliphatic carbocycles. The Morgan fingerprint density at radius 1 is 1.23 bits per heavy atom. The van der Waals surface area contributed by atoms with Crippen LogP contribution in [0.1, 0.15) is 5.56 Å². The van der Waals surface area contributed by atoms with Gasteiger partial charge in [-0.15, -0.1) is 0 Å². The van der Waals surface area contributed by atoms with E-state index in [0.717, 1.165) is 5.56 Å².